The highest BCUT2D eigenvalue weighted by Gasteiger charge is 2.42. The van der Waals surface area contributed by atoms with E-state index in [9.17, 15) is 4.79 Å². The lowest BCUT2D eigenvalue weighted by Gasteiger charge is -2.39. The van der Waals surface area contributed by atoms with Gasteiger partial charge in [0, 0.05) is 20.2 Å². The van der Waals surface area contributed by atoms with Gasteiger partial charge in [-0.05, 0) is 56.5 Å². The molecule has 1 atom stereocenters. The Morgan fingerprint density at radius 3 is 2.43 bits per heavy atom. The van der Waals surface area contributed by atoms with E-state index in [0.29, 0.717) is 17.9 Å². The first kappa shape index (κ1) is 20.7. The van der Waals surface area contributed by atoms with Crippen LogP contribution in [0.4, 0.5) is 0 Å². The van der Waals surface area contributed by atoms with Gasteiger partial charge in [0.1, 0.15) is 0 Å². The smallest absolute Gasteiger partial charge is 0.231 e. The minimum Gasteiger partial charge on any atom is -0.384 e. The van der Waals surface area contributed by atoms with Crippen molar-refractivity contribution in [2.45, 2.75) is 52.9 Å². The van der Waals surface area contributed by atoms with Crippen LogP contribution in [0.25, 0.3) is 0 Å². The number of halogens is 1. The Hall–Kier alpha value is -0.320. The first-order chi connectivity index (χ1) is 10.4. The fourth-order valence-corrected chi connectivity index (χ4v) is 4.10. The second kappa shape index (κ2) is 8.68. The van der Waals surface area contributed by atoms with Crippen molar-refractivity contribution in [1.82, 2.24) is 10.2 Å². The second-order valence-corrected chi connectivity index (χ2v) is 8.25. The molecule has 0 bridgehead atoms. The number of hydrogen-bond acceptors (Lipinski definition) is 3. The van der Waals surface area contributed by atoms with Gasteiger partial charge in [-0.15, -0.1) is 12.4 Å². The van der Waals surface area contributed by atoms with Gasteiger partial charge < -0.3 is 15.0 Å². The molecule has 4 nitrogen and oxygen atoms in total. The molecular weight excluding hydrogens is 312 g/mol. The number of carbonyl (C=O) groups excluding carboxylic acids is 1. The number of ether oxygens (including phenoxy) is 1. The standard InChI is InChI=1S/C18H34N2O2.ClH/c1-17(2,3)15-6-5-12-20(13-7-15)16(21)18(14-22-4)8-10-19-11-9-18;/h15,19H,5-14H2,1-4H3;1H. The highest BCUT2D eigenvalue weighted by atomic mass is 35.5. The first-order valence-corrected chi connectivity index (χ1v) is 8.88. The van der Waals surface area contributed by atoms with E-state index in [-0.39, 0.29) is 17.8 Å². The maximum atomic E-state index is 13.2. The van der Waals surface area contributed by atoms with Crippen LogP contribution in [0, 0.1) is 16.7 Å². The zero-order chi connectivity index (χ0) is 16.2. The molecule has 1 N–H and O–H groups in total. The molecule has 1 unspecified atom stereocenters. The minimum absolute atomic E-state index is 0. The van der Waals surface area contributed by atoms with Gasteiger partial charge in [0.15, 0.2) is 0 Å². The van der Waals surface area contributed by atoms with Gasteiger partial charge in [-0.3, -0.25) is 4.79 Å². The summed E-state index contributed by atoms with van der Waals surface area (Å²) in [6.07, 6.45) is 5.31. The van der Waals surface area contributed by atoms with Crippen LogP contribution < -0.4 is 5.32 Å². The molecule has 0 radical (unpaired) electrons. The lowest BCUT2D eigenvalue weighted by molar-refractivity contribution is -0.147. The number of piperidine rings is 1. The number of amides is 1. The number of nitrogens with zero attached hydrogens (tertiary/aromatic N) is 1. The zero-order valence-corrected chi connectivity index (χ0v) is 16.1. The van der Waals surface area contributed by atoms with E-state index in [1.54, 1.807) is 7.11 Å². The summed E-state index contributed by atoms with van der Waals surface area (Å²) >= 11 is 0. The third-order valence-electron chi connectivity index (χ3n) is 5.68. The molecule has 0 aromatic rings. The maximum absolute atomic E-state index is 13.2. The summed E-state index contributed by atoms with van der Waals surface area (Å²) in [5.74, 6) is 1.06. The molecule has 0 spiro atoms. The molecule has 2 fully saturated rings. The Morgan fingerprint density at radius 2 is 1.87 bits per heavy atom. The van der Waals surface area contributed by atoms with Crippen LogP contribution in [-0.2, 0) is 9.53 Å². The highest BCUT2D eigenvalue weighted by molar-refractivity contribution is 5.85. The molecule has 136 valence electrons. The summed E-state index contributed by atoms with van der Waals surface area (Å²) in [6.45, 7) is 11.2. The predicted molar refractivity (Wildman–Crippen MR) is 97.0 cm³/mol. The molecule has 1 amide bonds. The maximum Gasteiger partial charge on any atom is 0.231 e. The lowest BCUT2D eigenvalue weighted by Crippen LogP contribution is -2.51. The minimum atomic E-state index is -0.290. The number of carbonyl (C=O) groups is 1. The van der Waals surface area contributed by atoms with Gasteiger partial charge >= 0.3 is 0 Å². The molecule has 2 aliphatic rings. The molecular formula is C18H35ClN2O2. The van der Waals surface area contributed by atoms with Crippen molar-refractivity contribution in [3.05, 3.63) is 0 Å². The van der Waals surface area contributed by atoms with Crippen LogP contribution in [0.3, 0.4) is 0 Å². The number of rotatable bonds is 3. The lowest BCUT2D eigenvalue weighted by atomic mass is 9.76. The molecule has 2 rings (SSSR count). The van der Waals surface area contributed by atoms with E-state index in [1.165, 1.54) is 6.42 Å². The molecule has 0 aromatic carbocycles. The van der Waals surface area contributed by atoms with E-state index >= 15 is 0 Å². The average molecular weight is 347 g/mol. The number of likely N-dealkylation sites (tertiary alicyclic amines) is 1. The highest BCUT2D eigenvalue weighted by Crippen LogP contribution is 2.37. The Kier molecular flexibility index (Phi) is 7.82. The summed E-state index contributed by atoms with van der Waals surface area (Å²) in [5.41, 5.74) is 0.0552. The number of hydrogen-bond donors (Lipinski definition) is 1. The van der Waals surface area contributed by atoms with Crippen molar-refractivity contribution >= 4 is 18.3 Å². The topological polar surface area (TPSA) is 41.6 Å². The van der Waals surface area contributed by atoms with Gasteiger partial charge in [0.05, 0.1) is 12.0 Å². The third kappa shape index (κ3) is 5.07. The van der Waals surface area contributed by atoms with E-state index < -0.39 is 0 Å². The SMILES string of the molecule is COCC1(C(=O)N2CCCC(C(C)(C)C)CC2)CCNCC1.Cl. The third-order valence-corrected chi connectivity index (χ3v) is 5.68. The Labute approximate surface area is 148 Å². The quantitative estimate of drug-likeness (QED) is 0.853. The predicted octanol–water partition coefficient (Wildman–Crippen LogP) is 3.10. The van der Waals surface area contributed by atoms with E-state index in [4.69, 9.17) is 4.74 Å². The van der Waals surface area contributed by atoms with E-state index in [2.05, 4.69) is 31.0 Å². The van der Waals surface area contributed by atoms with Crippen molar-refractivity contribution < 1.29 is 9.53 Å². The molecule has 5 heteroatoms. The summed E-state index contributed by atoms with van der Waals surface area (Å²) in [5, 5.41) is 3.37. The zero-order valence-electron chi connectivity index (χ0n) is 15.3. The average Bonchev–Trinajstić information content (AvgIpc) is 2.73. The van der Waals surface area contributed by atoms with Gasteiger partial charge in [-0.25, -0.2) is 0 Å². The molecule has 2 heterocycles. The van der Waals surface area contributed by atoms with E-state index in [1.807, 2.05) is 0 Å². The monoisotopic (exact) mass is 346 g/mol. The summed E-state index contributed by atoms with van der Waals surface area (Å²) in [6, 6.07) is 0. The van der Waals surface area contributed by atoms with Crippen molar-refractivity contribution in [2.75, 3.05) is 39.9 Å². The Bertz CT molecular complexity index is 370. The second-order valence-electron chi connectivity index (χ2n) is 8.25. The number of nitrogens with one attached hydrogen (secondary N) is 1. The molecule has 23 heavy (non-hydrogen) atoms. The van der Waals surface area contributed by atoms with Crippen LogP contribution in [0.15, 0.2) is 0 Å². The largest absolute Gasteiger partial charge is 0.384 e. The van der Waals surface area contributed by atoms with Gasteiger partial charge in [-0.1, -0.05) is 20.8 Å². The van der Waals surface area contributed by atoms with Crippen molar-refractivity contribution in [1.29, 1.82) is 0 Å². The van der Waals surface area contributed by atoms with Crippen LogP contribution in [0.2, 0.25) is 0 Å². The fraction of sp³-hybridized carbons (Fsp3) is 0.944. The fourth-order valence-electron chi connectivity index (χ4n) is 4.10. The number of methoxy groups -OCH3 is 1. The molecule has 0 aliphatic carbocycles. The Morgan fingerprint density at radius 1 is 1.22 bits per heavy atom. The van der Waals surface area contributed by atoms with Crippen molar-refractivity contribution in [3.63, 3.8) is 0 Å². The first-order valence-electron chi connectivity index (χ1n) is 8.88. The summed E-state index contributed by atoms with van der Waals surface area (Å²) in [7, 11) is 1.72. The van der Waals surface area contributed by atoms with Crippen LogP contribution in [0.5, 0.6) is 0 Å². The normalized spacial score (nSPS) is 25.4. The van der Waals surface area contributed by atoms with Crippen LogP contribution in [-0.4, -0.2) is 50.7 Å². The molecule has 0 saturated carbocycles. The van der Waals surface area contributed by atoms with Gasteiger partial charge in [-0.2, -0.15) is 0 Å². The molecule has 0 aromatic heterocycles. The van der Waals surface area contributed by atoms with E-state index in [0.717, 1.165) is 57.8 Å². The van der Waals surface area contributed by atoms with Gasteiger partial charge in [0.2, 0.25) is 5.91 Å². The molecule has 2 saturated heterocycles. The van der Waals surface area contributed by atoms with Crippen LogP contribution >= 0.6 is 12.4 Å². The van der Waals surface area contributed by atoms with Crippen molar-refractivity contribution in [2.24, 2.45) is 16.7 Å². The summed E-state index contributed by atoms with van der Waals surface area (Å²) in [4.78, 5) is 15.3. The Balaban J connectivity index is 0.00000264. The van der Waals surface area contributed by atoms with Gasteiger partial charge in [0.25, 0.3) is 0 Å². The molecule has 2 aliphatic heterocycles. The summed E-state index contributed by atoms with van der Waals surface area (Å²) < 4.78 is 5.43. The van der Waals surface area contributed by atoms with Crippen LogP contribution in [0.1, 0.15) is 52.9 Å². The van der Waals surface area contributed by atoms with Crippen molar-refractivity contribution in [3.8, 4) is 0 Å².